The van der Waals surface area contributed by atoms with Gasteiger partial charge in [0.2, 0.25) is 0 Å². The van der Waals surface area contributed by atoms with Gasteiger partial charge in [-0.25, -0.2) is 0 Å². The van der Waals surface area contributed by atoms with E-state index in [1.807, 2.05) is 0 Å². The molecule has 0 fully saturated rings. The van der Waals surface area contributed by atoms with Gasteiger partial charge in [0.15, 0.2) is 0 Å². The van der Waals surface area contributed by atoms with Crippen molar-refractivity contribution in [1.29, 1.82) is 0 Å². The van der Waals surface area contributed by atoms with E-state index in [1.54, 1.807) is 0 Å². The van der Waals surface area contributed by atoms with Crippen molar-refractivity contribution >= 4 is 24.3 Å². The molecule has 3 N–H and O–H groups in total. The van der Waals surface area contributed by atoms with Crippen molar-refractivity contribution in [3.63, 3.8) is 0 Å². The number of aromatic amines is 2. The molecule has 0 amide bonds. The molecule has 140 valence electrons. The van der Waals surface area contributed by atoms with Gasteiger partial charge in [-0.3, -0.25) is 0 Å². The average molecular weight is 375 g/mol. The number of allylic oxidation sites excluding steroid dienone is 6. The highest BCUT2D eigenvalue weighted by Gasteiger charge is 2.20. The first-order chi connectivity index (χ1) is 14.3. The summed E-state index contributed by atoms with van der Waals surface area (Å²) in [7, 11) is 0. The van der Waals surface area contributed by atoms with Crippen molar-refractivity contribution in [2.24, 2.45) is 0 Å². The summed E-state index contributed by atoms with van der Waals surface area (Å²) in [6, 6.07) is 12.6. The predicted molar refractivity (Wildman–Crippen MR) is 116 cm³/mol. The first-order valence-electron chi connectivity index (χ1n) is 9.77. The molecule has 0 radical (unpaired) electrons. The Kier molecular flexibility index (Phi) is 3.50. The molecule has 29 heavy (non-hydrogen) atoms. The van der Waals surface area contributed by atoms with E-state index >= 15 is 0 Å². The molecule has 8 bridgehead atoms. The van der Waals surface area contributed by atoms with Crippen molar-refractivity contribution in [3.8, 4) is 0 Å². The highest BCUT2D eigenvalue weighted by Crippen LogP contribution is 2.25. The Morgan fingerprint density at radius 3 is 2.31 bits per heavy atom. The van der Waals surface area contributed by atoms with E-state index in [0.29, 0.717) is 0 Å². The summed E-state index contributed by atoms with van der Waals surface area (Å²) in [4.78, 5) is 11.7. The summed E-state index contributed by atoms with van der Waals surface area (Å²) >= 11 is 0. The SMILES string of the molecule is C1=CC(=C2C=C3C=c4ccc([nH]4)=Cc4ccc([nH]4)C=c4ccc([n-]4)=CC2N3)C=C1. The third kappa shape index (κ3) is 3.05. The number of nitrogens with one attached hydrogen (secondary N) is 3. The van der Waals surface area contributed by atoms with Crippen LogP contribution in [-0.4, -0.2) is 16.0 Å². The van der Waals surface area contributed by atoms with E-state index in [4.69, 9.17) is 4.98 Å². The fourth-order valence-corrected chi connectivity index (χ4v) is 4.03. The van der Waals surface area contributed by atoms with Crippen LogP contribution in [0.25, 0.3) is 24.3 Å². The maximum Gasteiger partial charge on any atom is 0.0695 e. The van der Waals surface area contributed by atoms with E-state index < -0.39 is 0 Å². The average Bonchev–Trinajstić information content (AvgIpc) is 3.50. The molecule has 4 nitrogen and oxygen atoms in total. The van der Waals surface area contributed by atoms with Crippen LogP contribution in [0.4, 0.5) is 0 Å². The van der Waals surface area contributed by atoms with Gasteiger partial charge in [-0.05, 0) is 53.6 Å². The third-order valence-corrected chi connectivity index (χ3v) is 5.37. The van der Waals surface area contributed by atoms with Gasteiger partial charge in [-0.2, -0.15) is 0 Å². The molecule has 3 aromatic rings. The Balaban J connectivity index is 1.59. The number of H-pyrrole nitrogens is 2. The van der Waals surface area contributed by atoms with Crippen LogP contribution in [0.1, 0.15) is 11.4 Å². The fourth-order valence-electron chi connectivity index (χ4n) is 4.03. The van der Waals surface area contributed by atoms with Crippen LogP contribution < -0.4 is 31.7 Å². The van der Waals surface area contributed by atoms with Gasteiger partial charge in [0.1, 0.15) is 0 Å². The van der Waals surface area contributed by atoms with Crippen LogP contribution >= 0.6 is 0 Å². The Morgan fingerprint density at radius 2 is 1.45 bits per heavy atom. The molecule has 5 heterocycles. The second-order valence-electron chi connectivity index (χ2n) is 7.48. The van der Waals surface area contributed by atoms with E-state index in [2.05, 4.69) is 106 Å². The summed E-state index contributed by atoms with van der Waals surface area (Å²) in [5.74, 6) is 0. The number of rotatable bonds is 0. The Hall–Kier alpha value is -3.92. The number of hydrogen-bond donors (Lipinski definition) is 3. The number of hydrogen-bond acceptors (Lipinski definition) is 1. The van der Waals surface area contributed by atoms with Crippen LogP contribution in [0.2, 0.25) is 0 Å². The number of fused-ring (bicyclic) bond motifs is 8. The molecule has 0 aromatic carbocycles. The molecule has 1 aliphatic carbocycles. The van der Waals surface area contributed by atoms with Crippen molar-refractivity contribution < 1.29 is 0 Å². The second kappa shape index (κ2) is 6.31. The van der Waals surface area contributed by atoms with Crippen molar-refractivity contribution in [2.45, 2.75) is 6.04 Å². The number of aromatic nitrogens is 3. The van der Waals surface area contributed by atoms with Crippen LogP contribution in [0, 0.1) is 0 Å². The quantitative estimate of drug-likeness (QED) is 0.545. The van der Waals surface area contributed by atoms with Crippen molar-refractivity contribution in [1.82, 2.24) is 20.3 Å². The first-order valence-corrected chi connectivity index (χ1v) is 9.77. The van der Waals surface area contributed by atoms with Gasteiger partial charge in [0.25, 0.3) is 0 Å². The van der Waals surface area contributed by atoms with Crippen LogP contribution in [0.5, 0.6) is 0 Å². The summed E-state index contributed by atoms with van der Waals surface area (Å²) in [6.07, 6.45) is 19.2. The third-order valence-electron chi connectivity index (χ3n) is 5.37. The zero-order valence-electron chi connectivity index (χ0n) is 15.7. The second-order valence-corrected chi connectivity index (χ2v) is 7.48. The molecule has 1 atom stereocenters. The molecule has 6 rings (SSSR count). The monoisotopic (exact) mass is 375 g/mol. The van der Waals surface area contributed by atoms with Gasteiger partial charge in [-0.15, -0.1) is 10.7 Å². The maximum atomic E-state index is 4.78. The summed E-state index contributed by atoms with van der Waals surface area (Å²) in [5.41, 5.74) is 5.67. The molecule has 4 heteroatoms. The molecule has 3 aromatic heterocycles. The van der Waals surface area contributed by atoms with Crippen molar-refractivity contribution in [3.05, 3.63) is 116 Å². The van der Waals surface area contributed by atoms with Gasteiger partial charge < -0.3 is 20.3 Å². The minimum Gasteiger partial charge on any atom is -0.658 e. The maximum absolute atomic E-state index is 4.78. The van der Waals surface area contributed by atoms with Gasteiger partial charge in [-0.1, -0.05) is 48.6 Å². The lowest BCUT2D eigenvalue weighted by atomic mass is 10.0. The summed E-state index contributed by atoms with van der Waals surface area (Å²) in [6.45, 7) is 0. The molecular weight excluding hydrogens is 356 g/mol. The fraction of sp³-hybridized carbons (Fsp3) is 0.0400. The van der Waals surface area contributed by atoms with E-state index in [-0.39, 0.29) is 6.04 Å². The lowest BCUT2D eigenvalue weighted by molar-refractivity contribution is 0.858. The van der Waals surface area contributed by atoms with Crippen LogP contribution in [0.15, 0.2) is 83.6 Å². The largest absolute Gasteiger partial charge is 0.658 e. The predicted octanol–water partition coefficient (Wildman–Crippen LogP) is 0.810. The number of nitrogens with zero attached hydrogens (tertiary/aromatic N) is 1. The van der Waals surface area contributed by atoms with E-state index in [1.165, 1.54) is 11.1 Å². The molecule has 2 aliphatic heterocycles. The Labute approximate surface area is 167 Å². The normalized spacial score (nSPS) is 19.2. The topological polar surface area (TPSA) is 57.7 Å². The van der Waals surface area contributed by atoms with Gasteiger partial charge in [0.05, 0.1) is 6.04 Å². The molecule has 0 saturated carbocycles. The van der Waals surface area contributed by atoms with Crippen LogP contribution in [-0.2, 0) is 0 Å². The summed E-state index contributed by atoms with van der Waals surface area (Å²) < 4.78 is 0. The lowest BCUT2D eigenvalue weighted by Gasteiger charge is -2.12. The molecular formula is C25H19N4-. The standard InChI is InChI=1S/C25H19N4/c1-2-4-16(3-1)24-14-23-13-21-8-7-19(27-21)11-17-5-6-18(26-17)12-20-9-10-22(28-20)15-25(24)29-23/h1-15,25-27,29H/q-1. The molecule has 3 aliphatic rings. The minimum absolute atomic E-state index is 0.0809. The molecule has 0 spiro atoms. The highest BCUT2D eigenvalue weighted by atomic mass is 14.9. The minimum atomic E-state index is 0.0809. The highest BCUT2D eigenvalue weighted by molar-refractivity contribution is 5.63. The Morgan fingerprint density at radius 1 is 0.690 bits per heavy atom. The lowest BCUT2D eigenvalue weighted by Crippen LogP contribution is -2.26. The summed E-state index contributed by atoms with van der Waals surface area (Å²) in [5, 5.41) is 7.69. The van der Waals surface area contributed by atoms with Gasteiger partial charge >= 0.3 is 0 Å². The smallest absolute Gasteiger partial charge is 0.0695 e. The molecule has 0 saturated heterocycles. The Bertz CT molecular complexity index is 1460. The van der Waals surface area contributed by atoms with Crippen LogP contribution in [0.3, 0.4) is 0 Å². The molecule has 1 unspecified atom stereocenters. The zero-order chi connectivity index (χ0) is 19.2. The zero-order valence-corrected chi connectivity index (χ0v) is 15.7. The van der Waals surface area contributed by atoms with Crippen molar-refractivity contribution in [2.75, 3.05) is 0 Å². The van der Waals surface area contributed by atoms with E-state index in [9.17, 15) is 0 Å². The first kappa shape index (κ1) is 16.1. The van der Waals surface area contributed by atoms with Gasteiger partial charge in [0, 0.05) is 27.8 Å². The van der Waals surface area contributed by atoms with E-state index in [0.717, 1.165) is 38.5 Å².